The predicted octanol–water partition coefficient (Wildman–Crippen LogP) is -0.251. The number of carbonyl (C=O) groups excluding carboxylic acids is 3. The Labute approximate surface area is 116 Å². The van der Waals surface area contributed by atoms with Gasteiger partial charge in [-0.2, -0.15) is 0 Å². The van der Waals surface area contributed by atoms with E-state index in [1.807, 2.05) is 0 Å². The highest BCUT2D eigenvalue weighted by atomic mass is 16.2. The highest BCUT2D eigenvalue weighted by molar-refractivity contribution is 5.96. The van der Waals surface area contributed by atoms with Crippen LogP contribution in [0.2, 0.25) is 0 Å². The van der Waals surface area contributed by atoms with Gasteiger partial charge in [0.1, 0.15) is 5.69 Å². The van der Waals surface area contributed by atoms with Gasteiger partial charge in [-0.25, -0.2) is 4.98 Å². The van der Waals surface area contributed by atoms with Crippen molar-refractivity contribution in [3.63, 3.8) is 0 Å². The zero-order valence-corrected chi connectivity index (χ0v) is 11.4. The number of rotatable bonds is 4. The Bertz CT molecular complexity index is 584. The number of ketones is 1. The van der Waals surface area contributed by atoms with Crippen LogP contribution in [0.25, 0.3) is 0 Å². The first-order chi connectivity index (χ1) is 9.43. The summed E-state index contributed by atoms with van der Waals surface area (Å²) < 4.78 is 1.46. The van der Waals surface area contributed by atoms with Crippen molar-refractivity contribution in [3.05, 3.63) is 30.4 Å². The minimum Gasteiger partial charge on any atom is -0.344 e. The van der Waals surface area contributed by atoms with E-state index >= 15 is 0 Å². The molecule has 106 valence electrons. The molecule has 1 aliphatic rings. The SMILES string of the molecule is C=CC(=O)N1CC(NC(=O)c2cnc(C(C)=O)n2C)C1. The van der Waals surface area contributed by atoms with Crippen LogP contribution in [0.3, 0.4) is 0 Å². The standard InChI is InChI=1S/C13H16N4O3/c1-4-11(19)17-6-9(7-17)15-13(20)10-5-14-12(8(2)18)16(10)3/h4-5,9H,1,6-7H2,2-3H3,(H,15,20). The summed E-state index contributed by atoms with van der Waals surface area (Å²) in [7, 11) is 1.62. The molecule has 1 aromatic heterocycles. The average Bonchev–Trinajstić information content (AvgIpc) is 2.74. The summed E-state index contributed by atoms with van der Waals surface area (Å²) in [6, 6.07) is -0.0814. The Kier molecular flexibility index (Phi) is 3.69. The smallest absolute Gasteiger partial charge is 0.269 e. The van der Waals surface area contributed by atoms with Crippen molar-refractivity contribution >= 4 is 17.6 Å². The summed E-state index contributed by atoms with van der Waals surface area (Å²) in [5.74, 6) is -0.400. The number of imidazole rings is 1. The van der Waals surface area contributed by atoms with Crippen LogP contribution < -0.4 is 5.32 Å². The molecule has 0 radical (unpaired) electrons. The lowest BCUT2D eigenvalue weighted by Gasteiger charge is -2.38. The van der Waals surface area contributed by atoms with Gasteiger partial charge >= 0.3 is 0 Å². The summed E-state index contributed by atoms with van der Waals surface area (Å²) in [4.78, 5) is 40.1. The largest absolute Gasteiger partial charge is 0.344 e. The lowest BCUT2D eigenvalue weighted by atomic mass is 10.1. The van der Waals surface area contributed by atoms with Gasteiger partial charge in [-0.15, -0.1) is 0 Å². The van der Waals surface area contributed by atoms with Gasteiger partial charge in [0.2, 0.25) is 5.91 Å². The first-order valence-electron chi connectivity index (χ1n) is 6.19. The third-order valence-corrected chi connectivity index (χ3v) is 3.24. The molecule has 0 atom stereocenters. The van der Waals surface area contributed by atoms with Crippen LogP contribution in [-0.4, -0.2) is 51.2 Å². The fourth-order valence-corrected chi connectivity index (χ4v) is 2.09. The molecule has 7 heteroatoms. The molecule has 0 bridgehead atoms. The number of nitrogens with zero attached hydrogens (tertiary/aromatic N) is 3. The maximum atomic E-state index is 12.0. The average molecular weight is 276 g/mol. The van der Waals surface area contributed by atoms with E-state index in [2.05, 4.69) is 16.9 Å². The van der Waals surface area contributed by atoms with E-state index in [0.717, 1.165) is 0 Å². The van der Waals surface area contributed by atoms with Crippen LogP contribution in [0.5, 0.6) is 0 Å². The van der Waals surface area contributed by atoms with Gasteiger partial charge in [0.05, 0.1) is 12.2 Å². The lowest BCUT2D eigenvalue weighted by molar-refractivity contribution is -0.130. The number of hydrogen-bond acceptors (Lipinski definition) is 4. The molecule has 1 aromatic rings. The first kappa shape index (κ1) is 14.0. The van der Waals surface area contributed by atoms with Gasteiger partial charge in [-0.05, 0) is 6.08 Å². The van der Waals surface area contributed by atoms with Crippen LogP contribution >= 0.6 is 0 Å². The van der Waals surface area contributed by atoms with Crippen molar-refractivity contribution in [3.8, 4) is 0 Å². The number of nitrogens with one attached hydrogen (secondary N) is 1. The van der Waals surface area contributed by atoms with Crippen molar-refractivity contribution in [1.29, 1.82) is 0 Å². The number of aromatic nitrogens is 2. The van der Waals surface area contributed by atoms with E-state index in [4.69, 9.17) is 0 Å². The highest BCUT2D eigenvalue weighted by Crippen LogP contribution is 2.10. The zero-order chi connectivity index (χ0) is 14.9. The van der Waals surface area contributed by atoms with Gasteiger partial charge in [-0.1, -0.05) is 6.58 Å². The number of hydrogen-bond donors (Lipinski definition) is 1. The molecule has 0 unspecified atom stereocenters. The van der Waals surface area contributed by atoms with E-state index in [9.17, 15) is 14.4 Å². The number of likely N-dealkylation sites (tertiary alicyclic amines) is 1. The summed E-state index contributed by atoms with van der Waals surface area (Å²) in [5.41, 5.74) is 0.323. The molecule has 7 nitrogen and oxygen atoms in total. The number of amides is 2. The van der Waals surface area contributed by atoms with E-state index in [1.54, 1.807) is 11.9 Å². The van der Waals surface area contributed by atoms with Gasteiger partial charge in [0.15, 0.2) is 11.6 Å². The predicted molar refractivity (Wildman–Crippen MR) is 71.2 cm³/mol. The number of Topliss-reactive ketones (excluding diaryl/α,β-unsaturated/α-hetero) is 1. The van der Waals surface area contributed by atoms with E-state index in [-0.39, 0.29) is 29.5 Å². The fourth-order valence-electron chi connectivity index (χ4n) is 2.09. The first-order valence-corrected chi connectivity index (χ1v) is 6.19. The highest BCUT2D eigenvalue weighted by Gasteiger charge is 2.31. The third kappa shape index (κ3) is 2.47. The Morgan fingerprint density at radius 1 is 1.45 bits per heavy atom. The van der Waals surface area contributed by atoms with E-state index in [0.29, 0.717) is 18.8 Å². The number of carbonyl (C=O) groups is 3. The van der Waals surface area contributed by atoms with E-state index < -0.39 is 0 Å². The van der Waals surface area contributed by atoms with Gasteiger partial charge in [0.25, 0.3) is 5.91 Å². The van der Waals surface area contributed by atoms with Crippen molar-refractivity contribution in [1.82, 2.24) is 19.8 Å². The molecule has 0 spiro atoms. The van der Waals surface area contributed by atoms with Crippen molar-refractivity contribution in [2.75, 3.05) is 13.1 Å². The molecule has 0 saturated carbocycles. The summed E-state index contributed by atoms with van der Waals surface area (Å²) in [5, 5.41) is 2.80. The van der Waals surface area contributed by atoms with Gasteiger partial charge in [0, 0.05) is 27.1 Å². The van der Waals surface area contributed by atoms with Crippen LogP contribution in [0.4, 0.5) is 0 Å². The second-order valence-electron chi connectivity index (χ2n) is 4.70. The van der Waals surface area contributed by atoms with Crippen LogP contribution in [0, 0.1) is 0 Å². The van der Waals surface area contributed by atoms with Crippen molar-refractivity contribution in [2.24, 2.45) is 7.05 Å². The molecule has 20 heavy (non-hydrogen) atoms. The molecule has 1 fully saturated rings. The van der Waals surface area contributed by atoms with Gasteiger partial charge < -0.3 is 14.8 Å². The maximum Gasteiger partial charge on any atom is 0.269 e. The molecular formula is C13H16N4O3. The Hall–Kier alpha value is -2.44. The minimum atomic E-state index is -0.303. The summed E-state index contributed by atoms with van der Waals surface area (Å²) in [6.45, 7) is 5.74. The summed E-state index contributed by atoms with van der Waals surface area (Å²) in [6.07, 6.45) is 2.62. The quantitative estimate of drug-likeness (QED) is 0.607. The molecule has 0 aromatic carbocycles. The van der Waals surface area contributed by atoms with Crippen LogP contribution in [0.15, 0.2) is 18.9 Å². The second-order valence-corrected chi connectivity index (χ2v) is 4.70. The lowest BCUT2D eigenvalue weighted by Crippen LogP contribution is -2.60. The maximum absolute atomic E-state index is 12.0. The molecule has 1 N–H and O–H groups in total. The molecule has 2 heterocycles. The van der Waals surface area contributed by atoms with E-state index in [1.165, 1.54) is 23.8 Å². The monoisotopic (exact) mass is 276 g/mol. The van der Waals surface area contributed by atoms with Crippen LogP contribution in [-0.2, 0) is 11.8 Å². The fraction of sp³-hybridized carbons (Fsp3) is 0.385. The summed E-state index contributed by atoms with van der Waals surface area (Å²) >= 11 is 0. The molecule has 1 saturated heterocycles. The van der Waals surface area contributed by atoms with Gasteiger partial charge in [-0.3, -0.25) is 14.4 Å². The van der Waals surface area contributed by atoms with Crippen molar-refractivity contribution < 1.29 is 14.4 Å². The molecular weight excluding hydrogens is 260 g/mol. The van der Waals surface area contributed by atoms with Crippen molar-refractivity contribution in [2.45, 2.75) is 13.0 Å². The Balaban J connectivity index is 1.96. The minimum absolute atomic E-state index is 0.0814. The normalized spacial score (nSPS) is 14.6. The molecule has 2 amide bonds. The Morgan fingerprint density at radius 3 is 2.60 bits per heavy atom. The molecule has 2 rings (SSSR count). The zero-order valence-electron chi connectivity index (χ0n) is 11.4. The molecule has 0 aliphatic carbocycles. The second kappa shape index (κ2) is 5.28. The topological polar surface area (TPSA) is 84.3 Å². The van der Waals surface area contributed by atoms with Crippen LogP contribution in [0.1, 0.15) is 28.0 Å². The third-order valence-electron chi connectivity index (χ3n) is 3.24. The molecule has 1 aliphatic heterocycles. The Morgan fingerprint density at radius 2 is 2.10 bits per heavy atom.